The number of rotatable bonds is 5. The molecule has 1 rings (SSSR count). The molecule has 0 fully saturated rings. The highest BCUT2D eigenvalue weighted by Crippen LogP contribution is 2.16. The van der Waals surface area contributed by atoms with Gasteiger partial charge in [-0.2, -0.15) is 0 Å². The molecule has 0 aromatic heterocycles. The molecular weight excluding hydrogens is 285 g/mol. The maximum absolute atomic E-state index is 13.4. The second-order valence-electron chi connectivity index (χ2n) is 3.72. The summed E-state index contributed by atoms with van der Waals surface area (Å²) in [5.41, 5.74) is 6.18. The average molecular weight is 302 g/mol. The van der Waals surface area contributed by atoms with Gasteiger partial charge < -0.3 is 11.1 Å². The minimum absolute atomic E-state index is 0.246. The van der Waals surface area contributed by atoms with Crippen molar-refractivity contribution >= 4 is 21.9 Å². The molecule has 0 spiro atoms. The Kier molecular flexibility index (Phi) is 5.97. The Morgan fingerprint density at radius 3 is 3.00 bits per heavy atom. The fourth-order valence-corrected chi connectivity index (χ4v) is 1.69. The highest BCUT2D eigenvalue weighted by Gasteiger charge is 2.02. The minimum atomic E-state index is -0.265. The topological polar surface area (TPSA) is 50.4 Å². The van der Waals surface area contributed by atoms with Crippen molar-refractivity contribution < 1.29 is 4.39 Å². The van der Waals surface area contributed by atoms with Crippen molar-refractivity contribution in [2.75, 3.05) is 6.54 Å². The summed E-state index contributed by atoms with van der Waals surface area (Å²) in [5.74, 6) is 0.0936. The maximum atomic E-state index is 13.4. The molecular formula is C12H17BrFN3. The van der Waals surface area contributed by atoms with E-state index in [2.05, 4.69) is 33.2 Å². The third kappa shape index (κ3) is 5.17. The summed E-state index contributed by atoms with van der Waals surface area (Å²) >= 11 is 3.29. The highest BCUT2D eigenvalue weighted by molar-refractivity contribution is 9.10. The van der Waals surface area contributed by atoms with Crippen LogP contribution in [0, 0.1) is 5.82 Å². The normalized spacial score (nSPS) is 11.6. The smallest absolute Gasteiger partial charge is 0.188 e. The molecule has 0 bridgehead atoms. The molecule has 94 valence electrons. The van der Waals surface area contributed by atoms with Crippen LogP contribution < -0.4 is 11.1 Å². The van der Waals surface area contributed by atoms with E-state index in [0.717, 1.165) is 23.9 Å². The molecule has 5 heteroatoms. The molecule has 0 saturated carbocycles. The van der Waals surface area contributed by atoms with Crippen LogP contribution in [0.25, 0.3) is 0 Å². The SMILES string of the molecule is CCCCNC(N)=NCc1cc(Br)ccc1F. The van der Waals surface area contributed by atoms with Crippen LogP contribution in [-0.4, -0.2) is 12.5 Å². The van der Waals surface area contributed by atoms with E-state index >= 15 is 0 Å². The molecule has 1 aromatic rings. The van der Waals surface area contributed by atoms with Gasteiger partial charge in [-0.25, -0.2) is 9.38 Å². The minimum Gasteiger partial charge on any atom is -0.370 e. The molecule has 0 aliphatic heterocycles. The summed E-state index contributed by atoms with van der Waals surface area (Å²) in [6.45, 7) is 3.15. The lowest BCUT2D eigenvalue weighted by atomic mass is 10.2. The van der Waals surface area contributed by atoms with Crippen LogP contribution in [0.5, 0.6) is 0 Å². The number of guanidine groups is 1. The average Bonchev–Trinajstić information content (AvgIpc) is 2.31. The van der Waals surface area contributed by atoms with Gasteiger partial charge in [0, 0.05) is 16.6 Å². The van der Waals surface area contributed by atoms with Crippen molar-refractivity contribution in [1.29, 1.82) is 0 Å². The van der Waals surface area contributed by atoms with Crippen LogP contribution in [0.2, 0.25) is 0 Å². The zero-order valence-electron chi connectivity index (χ0n) is 9.84. The van der Waals surface area contributed by atoms with Crippen LogP contribution in [0.1, 0.15) is 25.3 Å². The van der Waals surface area contributed by atoms with Crippen LogP contribution >= 0.6 is 15.9 Å². The largest absolute Gasteiger partial charge is 0.370 e. The lowest BCUT2D eigenvalue weighted by molar-refractivity contribution is 0.610. The standard InChI is InChI=1S/C12H17BrFN3/c1-2-3-6-16-12(15)17-8-9-7-10(13)4-5-11(9)14/h4-5,7H,2-3,6,8H2,1H3,(H3,15,16,17). The molecule has 0 aliphatic carbocycles. The number of halogens is 2. The first-order chi connectivity index (χ1) is 8.13. The lowest BCUT2D eigenvalue weighted by Crippen LogP contribution is -2.32. The molecule has 0 amide bonds. The van der Waals surface area contributed by atoms with E-state index in [4.69, 9.17) is 5.73 Å². The van der Waals surface area contributed by atoms with Crippen molar-refractivity contribution in [3.63, 3.8) is 0 Å². The molecule has 0 heterocycles. The summed E-state index contributed by atoms with van der Waals surface area (Å²) in [5, 5.41) is 2.98. The number of nitrogens with one attached hydrogen (secondary N) is 1. The van der Waals surface area contributed by atoms with Crippen LogP contribution in [-0.2, 0) is 6.54 Å². The van der Waals surface area contributed by atoms with Gasteiger partial charge >= 0.3 is 0 Å². The molecule has 1 aromatic carbocycles. The Bertz CT molecular complexity index is 393. The Hall–Kier alpha value is -1.10. The molecule has 0 aliphatic rings. The Morgan fingerprint density at radius 1 is 1.53 bits per heavy atom. The number of hydrogen-bond donors (Lipinski definition) is 2. The second kappa shape index (κ2) is 7.27. The fraction of sp³-hybridized carbons (Fsp3) is 0.417. The van der Waals surface area contributed by atoms with Gasteiger partial charge in [-0.3, -0.25) is 0 Å². The van der Waals surface area contributed by atoms with Gasteiger partial charge in [0.1, 0.15) is 5.82 Å². The van der Waals surface area contributed by atoms with E-state index in [9.17, 15) is 4.39 Å². The zero-order valence-corrected chi connectivity index (χ0v) is 11.4. The summed E-state index contributed by atoms with van der Waals surface area (Å²) < 4.78 is 14.2. The summed E-state index contributed by atoms with van der Waals surface area (Å²) in [6.07, 6.45) is 2.14. The first-order valence-corrected chi connectivity index (χ1v) is 6.40. The molecule has 17 heavy (non-hydrogen) atoms. The molecule has 0 unspecified atom stereocenters. The lowest BCUT2D eigenvalue weighted by Gasteiger charge is -2.05. The van der Waals surface area contributed by atoms with E-state index in [1.807, 2.05) is 0 Å². The quantitative estimate of drug-likeness (QED) is 0.499. The second-order valence-corrected chi connectivity index (χ2v) is 4.63. The molecule has 3 nitrogen and oxygen atoms in total. The van der Waals surface area contributed by atoms with E-state index in [1.54, 1.807) is 12.1 Å². The predicted molar refractivity (Wildman–Crippen MR) is 72.3 cm³/mol. The van der Waals surface area contributed by atoms with Gasteiger partial charge in [0.05, 0.1) is 6.54 Å². The third-order valence-electron chi connectivity index (χ3n) is 2.26. The van der Waals surface area contributed by atoms with Crippen LogP contribution in [0.4, 0.5) is 4.39 Å². The summed E-state index contributed by atoms with van der Waals surface area (Å²) in [4.78, 5) is 4.09. The van der Waals surface area contributed by atoms with Crippen molar-refractivity contribution in [3.05, 3.63) is 34.1 Å². The number of hydrogen-bond acceptors (Lipinski definition) is 1. The van der Waals surface area contributed by atoms with Gasteiger partial charge in [-0.15, -0.1) is 0 Å². The zero-order chi connectivity index (χ0) is 12.7. The van der Waals surface area contributed by atoms with E-state index in [1.165, 1.54) is 6.07 Å². The first kappa shape index (κ1) is 14.0. The number of benzene rings is 1. The van der Waals surface area contributed by atoms with Gasteiger partial charge in [-0.1, -0.05) is 29.3 Å². The summed E-state index contributed by atoms with van der Waals surface area (Å²) in [7, 11) is 0. The van der Waals surface area contributed by atoms with Crippen molar-refractivity contribution in [2.24, 2.45) is 10.7 Å². The van der Waals surface area contributed by atoms with Crippen molar-refractivity contribution in [1.82, 2.24) is 5.32 Å². The molecule has 0 radical (unpaired) electrons. The van der Waals surface area contributed by atoms with Gasteiger partial charge in [0.25, 0.3) is 0 Å². The Morgan fingerprint density at radius 2 is 2.29 bits per heavy atom. The van der Waals surface area contributed by atoms with E-state index in [-0.39, 0.29) is 12.4 Å². The monoisotopic (exact) mass is 301 g/mol. The Balaban J connectivity index is 2.53. The van der Waals surface area contributed by atoms with Gasteiger partial charge in [0.2, 0.25) is 0 Å². The van der Waals surface area contributed by atoms with E-state index in [0.29, 0.717) is 11.5 Å². The Labute approximate surface area is 109 Å². The first-order valence-electron chi connectivity index (χ1n) is 5.61. The van der Waals surface area contributed by atoms with Crippen molar-refractivity contribution in [2.45, 2.75) is 26.3 Å². The van der Waals surface area contributed by atoms with Crippen LogP contribution in [0.15, 0.2) is 27.7 Å². The number of nitrogens with two attached hydrogens (primary N) is 1. The maximum Gasteiger partial charge on any atom is 0.188 e. The number of unbranched alkanes of at least 4 members (excludes halogenated alkanes) is 1. The highest BCUT2D eigenvalue weighted by atomic mass is 79.9. The molecule has 3 N–H and O–H groups in total. The van der Waals surface area contributed by atoms with Gasteiger partial charge in [-0.05, 0) is 24.6 Å². The fourth-order valence-electron chi connectivity index (χ4n) is 1.28. The van der Waals surface area contributed by atoms with E-state index < -0.39 is 0 Å². The molecule has 0 atom stereocenters. The molecule has 0 saturated heterocycles. The number of nitrogens with zero attached hydrogens (tertiary/aromatic N) is 1. The number of aliphatic imine (C=N–C) groups is 1. The summed E-state index contributed by atoms with van der Waals surface area (Å²) in [6, 6.07) is 4.78. The predicted octanol–water partition coefficient (Wildman–Crippen LogP) is 2.79. The van der Waals surface area contributed by atoms with Gasteiger partial charge in [0.15, 0.2) is 5.96 Å². The van der Waals surface area contributed by atoms with Crippen LogP contribution in [0.3, 0.4) is 0 Å². The van der Waals surface area contributed by atoms with Crippen molar-refractivity contribution in [3.8, 4) is 0 Å². The third-order valence-corrected chi connectivity index (χ3v) is 2.76.